The van der Waals surface area contributed by atoms with Gasteiger partial charge in [-0.25, -0.2) is 12.8 Å². The number of hydrogen-bond donors (Lipinski definition) is 1. The topological polar surface area (TPSA) is 46.2 Å². The summed E-state index contributed by atoms with van der Waals surface area (Å²) in [6.45, 7) is 6.02. The van der Waals surface area contributed by atoms with Gasteiger partial charge >= 0.3 is 0 Å². The molecule has 0 aromatic heterocycles. The van der Waals surface area contributed by atoms with Crippen molar-refractivity contribution >= 4 is 38.3 Å². The Labute approximate surface area is 144 Å². The van der Waals surface area contributed by atoms with Gasteiger partial charge in [0.1, 0.15) is 5.82 Å². The molecular formula is C16H17FINO2S. The Bertz CT molecular complexity index is 778. The first kappa shape index (κ1) is 17.2. The van der Waals surface area contributed by atoms with Crippen LogP contribution in [0.5, 0.6) is 0 Å². The Kier molecular flexibility index (Phi) is 4.81. The van der Waals surface area contributed by atoms with E-state index in [1.807, 2.05) is 49.4 Å². The van der Waals surface area contributed by atoms with Crippen molar-refractivity contribution in [2.24, 2.45) is 0 Å². The maximum Gasteiger partial charge on any atom is 0.262 e. The van der Waals surface area contributed by atoms with Crippen molar-refractivity contribution in [3.05, 3.63) is 57.4 Å². The Hall–Kier alpha value is -1.15. The molecule has 0 amide bonds. The lowest BCUT2D eigenvalue weighted by molar-refractivity contribution is 0.584. The lowest BCUT2D eigenvalue weighted by Crippen LogP contribution is -2.17. The number of para-hydroxylation sites is 1. The van der Waals surface area contributed by atoms with Crippen LogP contribution in [0.3, 0.4) is 0 Å². The van der Waals surface area contributed by atoms with Crippen molar-refractivity contribution in [3.63, 3.8) is 0 Å². The molecule has 3 nitrogen and oxygen atoms in total. The van der Waals surface area contributed by atoms with Crippen molar-refractivity contribution < 1.29 is 12.8 Å². The van der Waals surface area contributed by atoms with Crippen LogP contribution in [-0.4, -0.2) is 8.42 Å². The van der Waals surface area contributed by atoms with Gasteiger partial charge in [0.2, 0.25) is 0 Å². The average Bonchev–Trinajstić information content (AvgIpc) is 2.42. The van der Waals surface area contributed by atoms with Crippen LogP contribution in [-0.2, 0) is 15.4 Å². The number of rotatable bonds is 3. The van der Waals surface area contributed by atoms with E-state index in [1.165, 1.54) is 18.2 Å². The Balaban J connectivity index is 2.44. The quantitative estimate of drug-likeness (QED) is 0.724. The molecule has 0 unspecified atom stereocenters. The number of halogens is 2. The van der Waals surface area contributed by atoms with Crippen LogP contribution >= 0.6 is 22.6 Å². The Morgan fingerprint density at radius 1 is 1.09 bits per heavy atom. The van der Waals surface area contributed by atoms with Gasteiger partial charge in [0, 0.05) is 3.57 Å². The highest BCUT2D eigenvalue weighted by atomic mass is 127. The summed E-state index contributed by atoms with van der Waals surface area (Å²) in [7, 11) is -3.84. The van der Waals surface area contributed by atoms with E-state index in [4.69, 9.17) is 0 Å². The maximum absolute atomic E-state index is 13.8. The first-order valence-electron chi connectivity index (χ1n) is 6.68. The second kappa shape index (κ2) is 6.16. The first-order chi connectivity index (χ1) is 10.1. The van der Waals surface area contributed by atoms with Crippen LogP contribution < -0.4 is 4.72 Å². The van der Waals surface area contributed by atoms with Crippen molar-refractivity contribution in [1.82, 2.24) is 0 Å². The summed E-state index contributed by atoms with van der Waals surface area (Å²) in [6.07, 6.45) is 0. The number of benzene rings is 2. The minimum Gasteiger partial charge on any atom is -0.276 e. The molecule has 118 valence electrons. The monoisotopic (exact) mass is 433 g/mol. The summed E-state index contributed by atoms with van der Waals surface area (Å²) in [5.74, 6) is -0.595. The van der Waals surface area contributed by atoms with Crippen molar-refractivity contribution in [3.8, 4) is 0 Å². The third-order valence-electron chi connectivity index (χ3n) is 3.21. The molecule has 0 saturated heterocycles. The highest BCUT2D eigenvalue weighted by Crippen LogP contribution is 2.27. The van der Waals surface area contributed by atoms with E-state index in [9.17, 15) is 12.8 Å². The van der Waals surface area contributed by atoms with E-state index in [1.54, 1.807) is 18.2 Å². The van der Waals surface area contributed by atoms with Crippen LogP contribution in [0.25, 0.3) is 0 Å². The predicted octanol–water partition coefficient (Wildman–Crippen LogP) is 4.53. The van der Waals surface area contributed by atoms with E-state index >= 15 is 0 Å². The number of hydrogen-bond acceptors (Lipinski definition) is 2. The molecule has 1 N–H and O–H groups in total. The van der Waals surface area contributed by atoms with Crippen LogP contribution in [0, 0.1) is 9.39 Å². The van der Waals surface area contributed by atoms with Gasteiger partial charge in [0.15, 0.2) is 0 Å². The molecule has 0 aliphatic carbocycles. The summed E-state index contributed by atoms with van der Waals surface area (Å²) in [6, 6.07) is 11.1. The van der Waals surface area contributed by atoms with Gasteiger partial charge in [0.25, 0.3) is 10.0 Å². The fraction of sp³-hybridized carbons (Fsp3) is 0.250. The predicted molar refractivity (Wildman–Crippen MR) is 95.1 cm³/mol. The molecule has 0 saturated carbocycles. The molecule has 0 spiro atoms. The van der Waals surface area contributed by atoms with Gasteiger partial charge in [0.05, 0.1) is 10.6 Å². The molecule has 0 atom stereocenters. The largest absolute Gasteiger partial charge is 0.276 e. The molecule has 0 heterocycles. The Morgan fingerprint density at radius 3 is 2.32 bits per heavy atom. The molecule has 6 heteroatoms. The number of anilines is 1. The third-order valence-corrected chi connectivity index (χ3v) is 5.46. The molecule has 0 bridgehead atoms. The number of nitrogens with one attached hydrogen (secondary N) is 1. The summed E-state index contributed by atoms with van der Waals surface area (Å²) in [4.78, 5) is 0.124. The molecule has 2 aromatic carbocycles. The van der Waals surface area contributed by atoms with Crippen molar-refractivity contribution in [2.75, 3.05) is 4.72 Å². The van der Waals surface area contributed by atoms with E-state index in [0.717, 1.165) is 5.56 Å². The molecule has 22 heavy (non-hydrogen) atoms. The molecule has 0 radical (unpaired) electrons. The van der Waals surface area contributed by atoms with E-state index in [-0.39, 0.29) is 16.0 Å². The molecular weight excluding hydrogens is 416 g/mol. The molecule has 2 rings (SSSR count). The van der Waals surface area contributed by atoms with E-state index in [2.05, 4.69) is 4.72 Å². The van der Waals surface area contributed by atoms with Crippen LogP contribution in [0.15, 0.2) is 47.4 Å². The molecule has 0 aliphatic rings. The number of sulfonamides is 1. The van der Waals surface area contributed by atoms with Crippen molar-refractivity contribution in [2.45, 2.75) is 31.1 Å². The van der Waals surface area contributed by atoms with Crippen LogP contribution in [0.2, 0.25) is 0 Å². The highest BCUT2D eigenvalue weighted by Gasteiger charge is 2.21. The summed E-state index contributed by atoms with van der Waals surface area (Å²) >= 11 is 1.90. The van der Waals surface area contributed by atoms with Crippen molar-refractivity contribution in [1.29, 1.82) is 0 Å². The minimum atomic E-state index is -3.84. The highest BCUT2D eigenvalue weighted by molar-refractivity contribution is 14.1. The SMILES string of the molecule is CC(C)(C)c1cccc(S(=O)(=O)Nc2c(F)cccc2I)c1. The fourth-order valence-electron chi connectivity index (χ4n) is 1.92. The molecule has 0 aliphatic heterocycles. The average molecular weight is 433 g/mol. The minimum absolute atomic E-state index is 0.0238. The van der Waals surface area contributed by atoms with Crippen LogP contribution in [0.1, 0.15) is 26.3 Å². The third kappa shape index (κ3) is 3.78. The second-order valence-corrected chi connectivity index (χ2v) is 8.82. The van der Waals surface area contributed by atoms with Gasteiger partial charge in [-0.2, -0.15) is 0 Å². The van der Waals surface area contributed by atoms with Gasteiger partial charge in [-0.1, -0.05) is 39.0 Å². The normalized spacial score (nSPS) is 12.2. The zero-order valence-electron chi connectivity index (χ0n) is 12.5. The summed E-state index contributed by atoms with van der Waals surface area (Å²) in [5, 5.41) is 0. The smallest absolute Gasteiger partial charge is 0.262 e. The van der Waals surface area contributed by atoms with Crippen LogP contribution in [0.4, 0.5) is 10.1 Å². The van der Waals surface area contributed by atoms with Gasteiger partial charge in [-0.15, -0.1) is 0 Å². The summed E-state index contributed by atoms with van der Waals surface area (Å²) in [5.41, 5.74) is 0.709. The lowest BCUT2D eigenvalue weighted by atomic mass is 9.87. The Morgan fingerprint density at radius 2 is 1.73 bits per heavy atom. The molecule has 2 aromatic rings. The fourth-order valence-corrected chi connectivity index (χ4v) is 3.84. The van der Waals surface area contributed by atoms with E-state index in [0.29, 0.717) is 3.57 Å². The standard InChI is InChI=1S/C16H17FINO2S/c1-16(2,3)11-6-4-7-12(10-11)22(20,21)19-15-13(17)8-5-9-14(15)18/h4-10,19H,1-3H3. The van der Waals surface area contributed by atoms with Gasteiger partial charge < -0.3 is 0 Å². The zero-order chi connectivity index (χ0) is 16.5. The van der Waals surface area contributed by atoms with E-state index < -0.39 is 15.8 Å². The zero-order valence-corrected chi connectivity index (χ0v) is 15.5. The lowest BCUT2D eigenvalue weighted by Gasteiger charge is -2.20. The second-order valence-electron chi connectivity index (χ2n) is 5.98. The van der Waals surface area contributed by atoms with Gasteiger partial charge in [-0.05, 0) is 57.8 Å². The first-order valence-corrected chi connectivity index (χ1v) is 9.25. The molecule has 0 fully saturated rings. The van der Waals surface area contributed by atoms with Gasteiger partial charge in [-0.3, -0.25) is 4.72 Å². The summed E-state index contributed by atoms with van der Waals surface area (Å²) < 4.78 is 41.7. The maximum atomic E-state index is 13.8.